The van der Waals surface area contributed by atoms with Crippen molar-refractivity contribution >= 4 is 11.8 Å². The monoisotopic (exact) mass is 263 g/mol. The Morgan fingerprint density at radius 1 is 1.37 bits per heavy atom. The maximum atomic E-state index is 11.4. The molecule has 1 aliphatic carbocycles. The van der Waals surface area contributed by atoms with Crippen molar-refractivity contribution in [2.75, 3.05) is 12.4 Å². The first-order valence-corrected chi connectivity index (χ1v) is 6.89. The minimum Gasteiger partial charge on any atom is -0.464 e. The number of methoxy groups -OCH3 is 1. The second-order valence-corrected chi connectivity index (χ2v) is 5.05. The van der Waals surface area contributed by atoms with E-state index in [-0.39, 0.29) is 5.69 Å². The number of hydrogen-bond donors (Lipinski definition) is 1. The quantitative estimate of drug-likeness (QED) is 0.846. The number of carbonyl (C=O) groups excluding carboxylic acids is 1. The van der Waals surface area contributed by atoms with Crippen molar-refractivity contribution in [3.05, 3.63) is 18.1 Å². The number of anilines is 1. The smallest absolute Gasteiger partial charge is 0.358 e. The van der Waals surface area contributed by atoms with Crippen LogP contribution >= 0.6 is 0 Å². The predicted octanol–water partition coefficient (Wildman–Crippen LogP) is 2.64. The molecule has 0 aliphatic heterocycles. The van der Waals surface area contributed by atoms with Gasteiger partial charge >= 0.3 is 5.97 Å². The molecule has 0 amide bonds. The van der Waals surface area contributed by atoms with Gasteiger partial charge in [-0.2, -0.15) is 0 Å². The van der Waals surface area contributed by atoms with Gasteiger partial charge in [0.15, 0.2) is 5.69 Å². The normalized spacial score (nSPS) is 22.8. The minimum atomic E-state index is -0.453. The van der Waals surface area contributed by atoms with Crippen LogP contribution in [0.25, 0.3) is 0 Å². The van der Waals surface area contributed by atoms with Gasteiger partial charge in [0.2, 0.25) is 0 Å². The van der Waals surface area contributed by atoms with Crippen molar-refractivity contribution < 1.29 is 9.53 Å². The lowest BCUT2D eigenvalue weighted by Crippen LogP contribution is -2.26. The third kappa shape index (κ3) is 3.66. The van der Waals surface area contributed by atoms with Crippen LogP contribution in [0.5, 0.6) is 0 Å². The first-order valence-electron chi connectivity index (χ1n) is 6.89. The zero-order valence-corrected chi connectivity index (χ0v) is 11.6. The Labute approximate surface area is 113 Å². The van der Waals surface area contributed by atoms with E-state index in [2.05, 4.69) is 26.9 Å². The highest BCUT2D eigenvalue weighted by Crippen LogP contribution is 2.27. The summed E-state index contributed by atoms with van der Waals surface area (Å²) in [5, 5.41) is 3.36. The molecule has 0 unspecified atom stereocenters. The fraction of sp³-hybridized carbons (Fsp3) is 0.643. The van der Waals surface area contributed by atoms with Crippen LogP contribution in [-0.4, -0.2) is 29.1 Å². The molecule has 104 valence electrons. The first-order chi connectivity index (χ1) is 9.22. The van der Waals surface area contributed by atoms with Gasteiger partial charge in [0, 0.05) is 6.04 Å². The Kier molecular flexibility index (Phi) is 4.71. The zero-order valence-electron chi connectivity index (χ0n) is 11.6. The molecule has 1 aromatic rings. The van der Waals surface area contributed by atoms with Crippen LogP contribution < -0.4 is 5.32 Å². The largest absolute Gasteiger partial charge is 0.464 e. The van der Waals surface area contributed by atoms with Crippen LogP contribution in [0.4, 0.5) is 5.82 Å². The average Bonchev–Trinajstić information content (AvgIpc) is 2.47. The van der Waals surface area contributed by atoms with Crippen molar-refractivity contribution in [1.29, 1.82) is 0 Å². The van der Waals surface area contributed by atoms with Crippen LogP contribution in [0.3, 0.4) is 0 Å². The third-order valence-corrected chi connectivity index (χ3v) is 3.81. The Morgan fingerprint density at radius 2 is 2.11 bits per heavy atom. The van der Waals surface area contributed by atoms with E-state index in [9.17, 15) is 4.79 Å². The maximum Gasteiger partial charge on any atom is 0.358 e. The number of nitrogens with one attached hydrogen (secondary N) is 1. The Bertz CT molecular complexity index is 428. The van der Waals surface area contributed by atoms with Crippen molar-refractivity contribution in [2.45, 2.75) is 45.1 Å². The van der Waals surface area contributed by atoms with E-state index in [1.807, 2.05) is 0 Å². The molecule has 5 nitrogen and oxygen atoms in total. The van der Waals surface area contributed by atoms with Crippen LogP contribution in [0.15, 0.2) is 12.4 Å². The summed E-state index contributed by atoms with van der Waals surface area (Å²) in [7, 11) is 1.34. The summed E-state index contributed by atoms with van der Waals surface area (Å²) in [6.45, 7) is 2.25. The van der Waals surface area contributed by atoms with E-state index in [0.717, 1.165) is 18.8 Å². The summed E-state index contributed by atoms with van der Waals surface area (Å²) in [4.78, 5) is 19.6. The van der Waals surface area contributed by atoms with Crippen LogP contribution in [0.2, 0.25) is 0 Å². The molecular weight excluding hydrogens is 242 g/mol. The second-order valence-electron chi connectivity index (χ2n) is 5.05. The Morgan fingerprint density at radius 3 is 2.74 bits per heavy atom. The summed E-state index contributed by atoms with van der Waals surface area (Å²) in [5.74, 6) is 1.07. The van der Waals surface area contributed by atoms with E-state index in [0.29, 0.717) is 11.9 Å². The lowest BCUT2D eigenvalue weighted by Gasteiger charge is -2.28. The molecule has 5 heteroatoms. The highest BCUT2D eigenvalue weighted by Gasteiger charge is 2.20. The molecular formula is C14H21N3O2. The van der Waals surface area contributed by atoms with Crippen molar-refractivity contribution in [2.24, 2.45) is 5.92 Å². The number of carbonyl (C=O) groups is 1. The molecule has 1 aliphatic rings. The Balaban J connectivity index is 1.94. The van der Waals surface area contributed by atoms with E-state index < -0.39 is 5.97 Å². The van der Waals surface area contributed by atoms with E-state index >= 15 is 0 Å². The van der Waals surface area contributed by atoms with E-state index in [1.54, 1.807) is 6.20 Å². The van der Waals surface area contributed by atoms with Crippen molar-refractivity contribution in [3.63, 3.8) is 0 Å². The van der Waals surface area contributed by atoms with Gasteiger partial charge in [0.1, 0.15) is 5.82 Å². The number of aromatic nitrogens is 2. The number of rotatable bonds is 4. The van der Waals surface area contributed by atoms with Gasteiger partial charge in [-0.25, -0.2) is 9.78 Å². The summed E-state index contributed by atoms with van der Waals surface area (Å²) in [5.41, 5.74) is 0.245. The molecule has 0 atom stereocenters. The lowest BCUT2D eigenvalue weighted by atomic mass is 9.84. The van der Waals surface area contributed by atoms with Crippen molar-refractivity contribution in [3.8, 4) is 0 Å². The van der Waals surface area contributed by atoms with Gasteiger partial charge < -0.3 is 10.1 Å². The predicted molar refractivity (Wildman–Crippen MR) is 73.0 cm³/mol. The average molecular weight is 263 g/mol. The molecule has 1 heterocycles. The molecule has 1 N–H and O–H groups in total. The van der Waals surface area contributed by atoms with E-state index in [4.69, 9.17) is 0 Å². The van der Waals surface area contributed by atoms with E-state index in [1.165, 1.54) is 32.6 Å². The van der Waals surface area contributed by atoms with Crippen LogP contribution in [0.1, 0.15) is 49.5 Å². The maximum absolute atomic E-state index is 11.4. The highest BCUT2D eigenvalue weighted by molar-refractivity contribution is 5.87. The van der Waals surface area contributed by atoms with Gasteiger partial charge in [-0.15, -0.1) is 0 Å². The zero-order chi connectivity index (χ0) is 13.7. The fourth-order valence-corrected chi connectivity index (χ4v) is 2.56. The molecule has 0 aromatic carbocycles. The third-order valence-electron chi connectivity index (χ3n) is 3.81. The topological polar surface area (TPSA) is 64.1 Å². The number of nitrogens with zero attached hydrogens (tertiary/aromatic N) is 2. The van der Waals surface area contributed by atoms with Gasteiger partial charge in [0.25, 0.3) is 0 Å². The standard InChI is InChI=1S/C14H21N3O2/c1-3-10-4-6-11(7-5-10)16-13-9-15-8-12(17-13)14(18)19-2/h8-11H,3-7H2,1-2H3,(H,16,17). The van der Waals surface area contributed by atoms with Crippen molar-refractivity contribution in [1.82, 2.24) is 9.97 Å². The van der Waals surface area contributed by atoms with Gasteiger partial charge in [-0.05, 0) is 31.6 Å². The number of hydrogen-bond acceptors (Lipinski definition) is 5. The molecule has 0 saturated heterocycles. The van der Waals surface area contributed by atoms with Gasteiger partial charge in [-0.3, -0.25) is 4.98 Å². The molecule has 1 saturated carbocycles. The molecule has 1 aromatic heterocycles. The first kappa shape index (κ1) is 13.8. The highest BCUT2D eigenvalue weighted by atomic mass is 16.5. The number of esters is 1. The summed E-state index contributed by atoms with van der Waals surface area (Å²) in [6, 6.07) is 0.435. The molecule has 2 rings (SSSR count). The molecule has 19 heavy (non-hydrogen) atoms. The fourth-order valence-electron chi connectivity index (χ4n) is 2.56. The minimum absolute atomic E-state index is 0.245. The van der Waals surface area contributed by atoms with Crippen LogP contribution in [-0.2, 0) is 4.74 Å². The Hall–Kier alpha value is -1.65. The molecule has 0 bridgehead atoms. The summed E-state index contributed by atoms with van der Waals surface area (Å²) >= 11 is 0. The number of ether oxygens (including phenoxy) is 1. The van der Waals surface area contributed by atoms with Gasteiger partial charge in [-0.1, -0.05) is 13.3 Å². The second kappa shape index (κ2) is 6.50. The lowest BCUT2D eigenvalue weighted by molar-refractivity contribution is 0.0593. The summed E-state index contributed by atoms with van der Waals surface area (Å²) < 4.78 is 4.64. The van der Waals surface area contributed by atoms with Crippen LogP contribution in [0, 0.1) is 5.92 Å². The molecule has 0 spiro atoms. The SMILES string of the molecule is CCC1CCC(Nc2cncc(C(=O)OC)n2)CC1. The van der Waals surface area contributed by atoms with Gasteiger partial charge in [0.05, 0.1) is 19.5 Å². The molecule has 0 radical (unpaired) electrons. The molecule has 1 fully saturated rings. The summed E-state index contributed by atoms with van der Waals surface area (Å²) in [6.07, 6.45) is 9.18.